The third kappa shape index (κ3) is 2.38. The minimum Gasteiger partial charge on any atom is -0.359 e. The number of aliphatic imine (C=N–C) groups is 1. The van der Waals surface area contributed by atoms with Gasteiger partial charge in [0, 0.05) is 16.3 Å². The van der Waals surface area contributed by atoms with E-state index in [2.05, 4.69) is 11.7 Å². The van der Waals surface area contributed by atoms with Crippen LogP contribution in [0.1, 0.15) is 12.5 Å². The van der Waals surface area contributed by atoms with E-state index in [1.54, 1.807) is 36.1 Å². The van der Waals surface area contributed by atoms with Crippen LogP contribution in [0, 0.1) is 0 Å². The standard InChI is InChI=1S/C13H13ClF2N2/c1-3-11(14)10-6-9(4-5-12(10)17-2)18-7-13(15,16)8-18/h3-6H,2,7-8H2,1H3/b11-3+. The molecule has 1 saturated heterocycles. The van der Waals surface area contributed by atoms with Crippen molar-refractivity contribution in [2.45, 2.75) is 12.8 Å². The molecule has 0 aliphatic carbocycles. The van der Waals surface area contributed by atoms with Crippen molar-refractivity contribution >= 4 is 34.7 Å². The molecule has 1 aliphatic heterocycles. The van der Waals surface area contributed by atoms with E-state index in [4.69, 9.17) is 11.6 Å². The van der Waals surface area contributed by atoms with Gasteiger partial charge in [0.2, 0.25) is 0 Å². The summed E-state index contributed by atoms with van der Waals surface area (Å²) >= 11 is 6.08. The molecule has 1 heterocycles. The van der Waals surface area contributed by atoms with E-state index in [9.17, 15) is 8.78 Å². The molecule has 2 rings (SSSR count). The molecule has 1 aliphatic rings. The van der Waals surface area contributed by atoms with Crippen molar-refractivity contribution < 1.29 is 8.78 Å². The van der Waals surface area contributed by atoms with Crippen LogP contribution in [0.25, 0.3) is 5.03 Å². The molecule has 96 valence electrons. The van der Waals surface area contributed by atoms with Gasteiger partial charge in [-0.15, -0.1) is 0 Å². The molecule has 5 heteroatoms. The molecule has 0 aromatic heterocycles. The Morgan fingerprint density at radius 1 is 1.50 bits per heavy atom. The lowest BCUT2D eigenvalue weighted by Crippen LogP contribution is -2.56. The van der Waals surface area contributed by atoms with Crippen LogP contribution < -0.4 is 4.90 Å². The summed E-state index contributed by atoms with van der Waals surface area (Å²) < 4.78 is 25.7. The number of allylic oxidation sites excluding steroid dienone is 1. The van der Waals surface area contributed by atoms with Crippen molar-refractivity contribution in [3.63, 3.8) is 0 Å². The van der Waals surface area contributed by atoms with Gasteiger partial charge in [-0.05, 0) is 31.8 Å². The van der Waals surface area contributed by atoms with Crippen LogP contribution in [-0.4, -0.2) is 25.7 Å². The zero-order valence-corrected chi connectivity index (χ0v) is 10.7. The van der Waals surface area contributed by atoms with E-state index in [-0.39, 0.29) is 13.1 Å². The SMILES string of the molecule is C=Nc1ccc(N2CC(F)(F)C2)cc1/C(Cl)=C\C. The molecule has 1 aromatic rings. The number of hydrogen-bond acceptors (Lipinski definition) is 2. The first kappa shape index (κ1) is 13.0. The van der Waals surface area contributed by atoms with Gasteiger partial charge in [-0.3, -0.25) is 4.99 Å². The molecule has 0 N–H and O–H groups in total. The van der Waals surface area contributed by atoms with E-state index in [0.29, 0.717) is 16.3 Å². The molecule has 0 unspecified atom stereocenters. The Hall–Kier alpha value is -1.42. The maximum atomic E-state index is 12.8. The summed E-state index contributed by atoms with van der Waals surface area (Å²) in [6.45, 7) is 4.78. The maximum absolute atomic E-state index is 12.8. The molecule has 0 spiro atoms. The molecular weight excluding hydrogens is 258 g/mol. The molecule has 0 radical (unpaired) electrons. The van der Waals surface area contributed by atoms with Crippen LogP contribution in [-0.2, 0) is 0 Å². The van der Waals surface area contributed by atoms with Crippen LogP contribution in [0.3, 0.4) is 0 Å². The lowest BCUT2D eigenvalue weighted by molar-refractivity contribution is -0.0262. The molecule has 0 bridgehead atoms. The van der Waals surface area contributed by atoms with Crippen molar-refractivity contribution in [3.8, 4) is 0 Å². The number of anilines is 1. The zero-order valence-electron chi connectivity index (χ0n) is 9.96. The minimum atomic E-state index is -2.58. The second-order valence-corrected chi connectivity index (χ2v) is 4.62. The molecule has 2 nitrogen and oxygen atoms in total. The number of halogens is 3. The second kappa shape index (κ2) is 4.69. The van der Waals surface area contributed by atoms with Crippen LogP contribution in [0.5, 0.6) is 0 Å². The quantitative estimate of drug-likeness (QED) is 0.756. The predicted molar refractivity (Wildman–Crippen MR) is 72.3 cm³/mol. The minimum absolute atomic E-state index is 0.249. The topological polar surface area (TPSA) is 15.6 Å². The fraction of sp³-hybridized carbons (Fsp3) is 0.308. The van der Waals surface area contributed by atoms with Crippen molar-refractivity contribution in [3.05, 3.63) is 29.8 Å². The van der Waals surface area contributed by atoms with Gasteiger partial charge in [0.15, 0.2) is 0 Å². The Labute approximate surface area is 110 Å². The van der Waals surface area contributed by atoms with Gasteiger partial charge in [-0.2, -0.15) is 0 Å². The number of alkyl halides is 2. The van der Waals surface area contributed by atoms with Gasteiger partial charge in [-0.25, -0.2) is 8.78 Å². The Bertz CT molecular complexity index is 504. The van der Waals surface area contributed by atoms with Crippen molar-refractivity contribution in [1.82, 2.24) is 0 Å². The summed E-state index contributed by atoms with van der Waals surface area (Å²) in [5.74, 6) is -2.58. The summed E-state index contributed by atoms with van der Waals surface area (Å²) in [6.07, 6.45) is 1.74. The van der Waals surface area contributed by atoms with Crippen LogP contribution in [0.2, 0.25) is 0 Å². The largest absolute Gasteiger partial charge is 0.359 e. The fourth-order valence-corrected chi connectivity index (χ4v) is 2.05. The Morgan fingerprint density at radius 2 is 2.17 bits per heavy atom. The third-order valence-corrected chi connectivity index (χ3v) is 3.29. The fourth-order valence-electron chi connectivity index (χ4n) is 1.90. The summed E-state index contributed by atoms with van der Waals surface area (Å²) in [4.78, 5) is 5.48. The highest BCUT2D eigenvalue weighted by atomic mass is 35.5. The summed E-state index contributed by atoms with van der Waals surface area (Å²) in [7, 11) is 0. The molecule has 0 amide bonds. The first-order chi connectivity index (χ1) is 8.46. The molecule has 1 aromatic carbocycles. The van der Waals surface area contributed by atoms with E-state index >= 15 is 0 Å². The highest BCUT2D eigenvalue weighted by Gasteiger charge is 2.43. The monoisotopic (exact) mass is 270 g/mol. The third-order valence-electron chi connectivity index (χ3n) is 2.87. The Kier molecular flexibility index (Phi) is 3.39. The highest BCUT2D eigenvalue weighted by molar-refractivity contribution is 6.49. The highest BCUT2D eigenvalue weighted by Crippen LogP contribution is 2.37. The summed E-state index contributed by atoms with van der Waals surface area (Å²) in [5, 5.41) is 0.534. The van der Waals surface area contributed by atoms with Crippen molar-refractivity contribution in [2.75, 3.05) is 18.0 Å². The van der Waals surface area contributed by atoms with E-state index < -0.39 is 5.92 Å². The smallest absolute Gasteiger partial charge is 0.282 e. The lowest BCUT2D eigenvalue weighted by Gasteiger charge is -2.40. The van der Waals surface area contributed by atoms with Crippen LogP contribution >= 0.6 is 11.6 Å². The van der Waals surface area contributed by atoms with Gasteiger partial charge < -0.3 is 4.90 Å². The van der Waals surface area contributed by atoms with Crippen molar-refractivity contribution in [2.24, 2.45) is 4.99 Å². The Morgan fingerprint density at radius 3 is 2.67 bits per heavy atom. The zero-order chi connectivity index (χ0) is 13.3. The average molecular weight is 271 g/mol. The number of rotatable bonds is 3. The maximum Gasteiger partial charge on any atom is 0.282 e. The Balaban J connectivity index is 2.32. The molecular formula is C13H13ClF2N2. The van der Waals surface area contributed by atoms with Gasteiger partial charge in [-0.1, -0.05) is 17.7 Å². The molecule has 0 atom stereocenters. The van der Waals surface area contributed by atoms with E-state index in [1.165, 1.54) is 0 Å². The summed E-state index contributed by atoms with van der Waals surface area (Å²) in [6, 6.07) is 5.25. The second-order valence-electron chi connectivity index (χ2n) is 4.21. The molecule has 1 fully saturated rings. The van der Waals surface area contributed by atoms with Gasteiger partial charge in [0.25, 0.3) is 5.92 Å². The summed E-state index contributed by atoms with van der Waals surface area (Å²) in [5.41, 5.74) is 2.08. The van der Waals surface area contributed by atoms with Crippen LogP contribution in [0.4, 0.5) is 20.2 Å². The van der Waals surface area contributed by atoms with Gasteiger partial charge in [0.1, 0.15) is 0 Å². The van der Waals surface area contributed by atoms with Crippen molar-refractivity contribution in [1.29, 1.82) is 0 Å². The average Bonchev–Trinajstić information content (AvgIpc) is 2.34. The first-order valence-electron chi connectivity index (χ1n) is 5.52. The predicted octanol–water partition coefficient (Wildman–Crippen LogP) is 4.07. The van der Waals surface area contributed by atoms with Gasteiger partial charge in [0.05, 0.1) is 18.8 Å². The van der Waals surface area contributed by atoms with Gasteiger partial charge >= 0.3 is 0 Å². The van der Waals surface area contributed by atoms with E-state index in [0.717, 1.165) is 5.69 Å². The number of benzene rings is 1. The number of hydrogen-bond donors (Lipinski definition) is 0. The number of nitrogens with zero attached hydrogens (tertiary/aromatic N) is 2. The normalized spacial score (nSPS) is 18.4. The molecule has 18 heavy (non-hydrogen) atoms. The van der Waals surface area contributed by atoms with Crippen LogP contribution in [0.15, 0.2) is 29.3 Å². The lowest BCUT2D eigenvalue weighted by atomic mass is 10.1. The first-order valence-corrected chi connectivity index (χ1v) is 5.90. The molecule has 0 saturated carbocycles. The van der Waals surface area contributed by atoms with E-state index in [1.807, 2.05) is 0 Å².